The van der Waals surface area contributed by atoms with Crippen molar-refractivity contribution in [3.63, 3.8) is 0 Å². The zero-order chi connectivity index (χ0) is 18.1. The first-order valence-electron chi connectivity index (χ1n) is 8.51. The van der Waals surface area contributed by atoms with Crippen LogP contribution in [0.15, 0.2) is 24.3 Å². The minimum absolute atomic E-state index is 0.127. The molecule has 1 aromatic carbocycles. The second-order valence-corrected chi connectivity index (χ2v) is 6.08. The van der Waals surface area contributed by atoms with Crippen molar-refractivity contribution in [2.24, 2.45) is 11.8 Å². The Balaban J connectivity index is 3.01. The highest BCUT2D eigenvalue weighted by Crippen LogP contribution is 2.25. The summed E-state index contributed by atoms with van der Waals surface area (Å²) in [6.07, 6.45) is 0.612. The first-order valence-corrected chi connectivity index (χ1v) is 8.51. The molecule has 0 fully saturated rings. The van der Waals surface area contributed by atoms with Gasteiger partial charge >= 0.3 is 5.97 Å². The van der Waals surface area contributed by atoms with Gasteiger partial charge in [0.25, 0.3) is 0 Å². The lowest BCUT2D eigenvalue weighted by atomic mass is 9.82. The quantitative estimate of drug-likeness (QED) is 0.661. The maximum absolute atomic E-state index is 12.4. The van der Waals surface area contributed by atoms with Gasteiger partial charge in [-0.2, -0.15) is 0 Å². The number of anilines is 1. The first-order chi connectivity index (χ1) is 11.4. The lowest BCUT2D eigenvalue weighted by Crippen LogP contribution is -2.39. The molecule has 0 heterocycles. The van der Waals surface area contributed by atoms with Gasteiger partial charge in [-0.25, -0.2) is 0 Å². The number of ether oxygens (including phenoxy) is 2. The Bertz CT molecular complexity index is 525. The van der Waals surface area contributed by atoms with E-state index in [4.69, 9.17) is 9.47 Å². The van der Waals surface area contributed by atoms with Gasteiger partial charge in [0.2, 0.25) is 0 Å². The fourth-order valence-electron chi connectivity index (χ4n) is 2.87. The third kappa shape index (κ3) is 5.87. The maximum Gasteiger partial charge on any atom is 0.307 e. The van der Waals surface area contributed by atoms with Crippen LogP contribution in [0.3, 0.4) is 0 Å². The summed E-state index contributed by atoms with van der Waals surface area (Å²) in [7, 11) is 1.61. The second kappa shape index (κ2) is 9.96. The van der Waals surface area contributed by atoms with Gasteiger partial charge in [0.15, 0.2) is 0 Å². The summed E-state index contributed by atoms with van der Waals surface area (Å²) in [5.74, 6) is 0.495. The number of methoxy groups -OCH3 is 1. The van der Waals surface area contributed by atoms with Gasteiger partial charge in [0.05, 0.1) is 20.1 Å². The van der Waals surface area contributed by atoms with Crippen molar-refractivity contribution in [1.29, 1.82) is 0 Å². The Morgan fingerprint density at radius 2 is 1.75 bits per heavy atom. The Morgan fingerprint density at radius 3 is 2.21 bits per heavy atom. The molecule has 0 amide bonds. The van der Waals surface area contributed by atoms with Gasteiger partial charge in [-0.05, 0) is 37.1 Å². The van der Waals surface area contributed by atoms with Crippen LogP contribution in [-0.2, 0) is 14.3 Å². The minimum Gasteiger partial charge on any atom is -0.497 e. The summed E-state index contributed by atoms with van der Waals surface area (Å²) in [5, 5.41) is 3.34. The van der Waals surface area contributed by atoms with E-state index in [9.17, 15) is 9.59 Å². The molecular formula is C19H29NO4. The van der Waals surface area contributed by atoms with Gasteiger partial charge in [-0.15, -0.1) is 0 Å². The predicted molar refractivity (Wildman–Crippen MR) is 95.3 cm³/mol. The standard InChI is InChI=1S/C19H29NO4/c1-6-17(21)19(13(3)4)16(12-18(22)24-7-2)20-14-8-10-15(23-5)11-9-14/h8-11,13,16,19-20H,6-7,12H2,1-5H3/t16-,19+/m1/s1. The summed E-state index contributed by atoms with van der Waals surface area (Å²) < 4.78 is 10.2. The average molecular weight is 335 g/mol. The highest BCUT2D eigenvalue weighted by Gasteiger charge is 2.32. The summed E-state index contributed by atoms with van der Waals surface area (Å²) in [5.41, 5.74) is 0.847. The second-order valence-electron chi connectivity index (χ2n) is 6.08. The number of carbonyl (C=O) groups is 2. The van der Waals surface area contributed by atoms with Gasteiger partial charge in [-0.3, -0.25) is 9.59 Å². The molecule has 5 nitrogen and oxygen atoms in total. The molecule has 0 saturated carbocycles. The van der Waals surface area contributed by atoms with Crippen molar-refractivity contribution in [2.45, 2.75) is 46.6 Å². The van der Waals surface area contributed by atoms with E-state index in [1.165, 1.54) is 0 Å². The van der Waals surface area contributed by atoms with Gasteiger partial charge in [0.1, 0.15) is 11.5 Å². The van der Waals surface area contributed by atoms with Crippen LogP contribution >= 0.6 is 0 Å². The largest absolute Gasteiger partial charge is 0.497 e. The van der Waals surface area contributed by atoms with E-state index in [0.717, 1.165) is 11.4 Å². The molecule has 5 heteroatoms. The molecule has 0 bridgehead atoms. The molecule has 1 aromatic rings. The van der Waals surface area contributed by atoms with Crippen molar-refractivity contribution in [2.75, 3.05) is 19.0 Å². The number of hydrogen-bond donors (Lipinski definition) is 1. The third-order valence-corrected chi connectivity index (χ3v) is 4.01. The Kier molecular flexibility index (Phi) is 8.30. The highest BCUT2D eigenvalue weighted by atomic mass is 16.5. The molecule has 24 heavy (non-hydrogen) atoms. The number of esters is 1. The van der Waals surface area contributed by atoms with E-state index in [-0.39, 0.29) is 36.1 Å². The van der Waals surface area contributed by atoms with Crippen molar-refractivity contribution in [1.82, 2.24) is 0 Å². The number of ketones is 1. The van der Waals surface area contributed by atoms with Gasteiger partial charge in [-0.1, -0.05) is 20.8 Å². The molecule has 0 aliphatic rings. The van der Waals surface area contributed by atoms with Crippen LogP contribution < -0.4 is 10.1 Å². The Morgan fingerprint density at radius 1 is 1.12 bits per heavy atom. The van der Waals surface area contributed by atoms with Crippen LogP contribution in [-0.4, -0.2) is 31.5 Å². The number of hydrogen-bond acceptors (Lipinski definition) is 5. The number of nitrogens with one attached hydrogen (secondary N) is 1. The van der Waals surface area contributed by atoms with Gasteiger partial charge in [0, 0.05) is 24.1 Å². The SMILES string of the molecule is CCOC(=O)C[C@@H](Nc1ccc(OC)cc1)[C@@H](C(=O)CC)C(C)C. The zero-order valence-corrected chi connectivity index (χ0v) is 15.3. The Hall–Kier alpha value is -2.04. The van der Waals surface area contributed by atoms with E-state index in [2.05, 4.69) is 5.32 Å². The van der Waals surface area contributed by atoms with Crippen LogP contribution in [0.2, 0.25) is 0 Å². The van der Waals surface area contributed by atoms with Crippen molar-refractivity contribution < 1.29 is 19.1 Å². The Labute approximate surface area is 144 Å². The molecule has 0 aliphatic heterocycles. The number of rotatable bonds is 10. The fraction of sp³-hybridized carbons (Fsp3) is 0.579. The van der Waals surface area contributed by atoms with E-state index < -0.39 is 0 Å². The normalized spacial score (nSPS) is 13.2. The molecule has 0 saturated heterocycles. The monoisotopic (exact) mass is 335 g/mol. The van der Waals surface area contributed by atoms with E-state index in [1.807, 2.05) is 45.0 Å². The van der Waals surface area contributed by atoms with Crippen molar-refractivity contribution >= 4 is 17.4 Å². The molecule has 0 unspecified atom stereocenters. The van der Waals surface area contributed by atoms with Crippen LogP contribution in [0.5, 0.6) is 5.75 Å². The maximum atomic E-state index is 12.4. The predicted octanol–water partition coefficient (Wildman–Crippen LogP) is 3.68. The minimum atomic E-state index is -0.301. The van der Waals surface area contributed by atoms with Crippen molar-refractivity contribution in [3.05, 3.63) is 24.3 Å². The van der Waals surface area contributed by atoms with Crippen LogP contribution in [0, 0.1) is 11.8 Å². The number of Topliss-reactive ketones (excluding diaryl/α,β-unsaturated/α-hetero) is 1. The first kappa shape index (κ1) is 20.0. The third-order valence-electron chi connectivity index (χ3n) is 4.01. The van der Waals surface area contributed by atoms with Gasteiger partial charge < -0.3 is 14.8 Å². The molecular weight excluding hydrogens is 306 g/mol. The van der Waals surface area contributed by atoms with Crippen LogP contribution in [0.4, 0.5) is 5.69 Å². The zero-order valence-electron chi connectivity index (χ0n) is 15.3. The van der Waals surface area contributed by atoms with Crippen LogP contribution in [0.1, 0.15) is 40.5 Å². The molecule has 0 aromatic heterocycles. The topological polar surface area (TPSA) is 64.6 Å². The highest BCUT2D eigenvalue weighted by molar-refractivity contribution is 5.83. The summed E-state index contributed by atoms with van der Waals surface area (Å²) in [6, 6.07) is 7.14. The molecule has 1 N–H and O–H groups in total. The molecule has 1 rings (SSSR count). The average Bonchev–Trinajstić information content (AvgIpc) is 2.55. The van der Waals surface area contributed by atoms with E-state index in [0.29, 0.717) is 13.0 Å². The van der Waals surface area contributed by atoms with E-state index >= 15 is 0 Å². The number of benzene rings is 1. The molecule has 0 radical (unpaired) electrons. The van der Waals surface area contributed by atoms with Crippen molar-refractivity contribution in [3.8, 4) is 5.75 Å². The molecule has 134 valence electrons. The summed E-state index contributed by atoms with van der Waals surface area (Å²) in [6.45, 7) is 7.98. The lowest BCUT2D eigenvalue weighted by molar-refractivity contribution is -0.143. The smallest absolute Gasteiger partial charge is 0.307 e. The molecule has 0 spiro atoms. The fourth-order valence-corrected chi connectivity index (χ4v) is 2.87. The number of carbonyl (C=O) groups excluding carboxylic acids is 2. The summed E-state index contributed by atoms with van der Waals surface area (Å²) in [4.78, 5) is 24.4. The lowest BCUT2D eigenvalue weighted by Gasteiger charge is -2.30. The molecule has 0 aliphatic carbocycles. The van der Waals surface area contributed by atoms with E-state index in [1.54, 1.807) is 14.0 Å². The van der Waals surface area contributed by atoms with Crippen LogP contribution in [0.25, 0.3) is 0 Å². The summed E-state index contributed by atoms with van der Waals surface area (Å²) >= 11 is 0. The molecule has 2 atom stereocenters.